The number of carbonyl (C=O) groups excluding carboxylic acids is 1. The largest absolute Gasteiger partial charge is 0.377 e. The van der Waals surface area contributed by atoms with Gasteiger partial charge >= 0.3 is 0 Å². The minimum Gasteiger partial charge on any atom is -0.377 e. The number of amides is 1. The first kappa shape index (κ1) is 19.5. The van der Waals surface area contributed by atoms with E-state index in [-0.39, 0.29) is 29.3 Å². The van der Waals surface area contributed by atoms with Crippen LogP contribution >= 0.6 is 0 Å². The van der Waals surface area contributed by atoms with Crippen LogP contribution in [0.4, 0.5) is 5.88 Å². The number of nitrogens with one attached hydrogen (secondary N) is 2. The van der Waals surface area contributed by atoms with Gasteiger partial charge in [-0.3, -0.25) is 10.1 Å². The number of carbonyl (C=O) groups is 1. The second kappa shape index (κ2) is 7.79. The number of nitrogens with zero attached hydrogens (tertiary/aromatic N) is 1. The molecule has 0 spiro atoms. The van der Waals surface area contributed by atoms with Gasteiger partial charge in [0.15, 0.2) is 0 Å². The van der Waals surface area contributed by atoms with Crippen molar-refractivity contribution in [2.24, 2.45) is 0 Å². The maximum absolute atomic E-state index is 12.8. The van der Waals surface area contributed by atoms with E-state index in [4.69, 9.17) is 9.26 Å². The predicted molar refractivity (Wildman–Crippen MR) is 99.9 cm³/mol. The Labute approximate surface area is 158 Å². The fourth-order valence-electron chi connectivity index (χ4n) is 3.09. The van der Waals surface area contributed by atoms with Gasteiger partial charge in [-0.15, -0.1) is 0 Å². The molecule has 1 aromatic heterocycles. The first-order chi connectivity index (χ1) is 12.8. The van der Waals surface area contributed by atoms with Crippen molar-refractivity contribution in [1.29, 1.82) is 0 Å². The van der Waals surface area contributed by atoms with Gasteiger partial charge in [-0.1, -0.05) is 17.3 Å². The van der Waals surface area contributed by atoms with Crippen LogP contribution < -0.4 is 10.0 Å². The molecule has 0 radical (unpaired) electrons. The minimum atomic E-state index is -3.71. The van der Waals surface area contributed by atoms with Crippen molar-refractivity contribution in [3.63, 3.8) is 0 Å². The zero-order valence-corrected chi connectivity index (χ0v) is 16.4. The molecule has 1 aromatic carbocycles. The molecule has 3 rings (SSSR count). The van der Waals surface area contributed by atoms with Crippen LogP contribution in [-0.2, 0) is 19.6 Å². The third-order valence-electron chi connectivity index (χ3n) is 4.44. The lowest BCUT2D eigenvalue weighted by molar-refractivity contribution is -0.114. The summed E-state index contributed by atoms with van der Waals surface area (Å²) < 4.78 is 38.9. The minimum absolute atomic E-state index is 0.0880. The number of ether oxygens (including phenoxy) is 1. The van der Waals surface area contributed by atoms with Crippen LogP contribution in [0.1, 0.15) is 31.0 Å². The molecule has 27 heavy (non-hydrogen) atoms. The van der Waals surface area contributed by atoms with E-state index in [1.54, 1.807) is 32.0 Å². The first-order valence-electron chi connectivity index (χ1n) is 8.74. The summed E-state index contributed by atoms with van der Waals surface area (Å²) in [6.45, 7) is 5.74. The number of rotatable bonds is 6. The maximum Gasteiger partial charge on any atom is 0.240 e. The van der Waals surface area contributed by atoms with E-state index in [2.05, 4.69) is 15.2 Å². The smallest absolute Gasteiger partial charge is 0.240 e. The van der Waals surface area contributed by atoms with Crippen LogP contribution in [0.5, 0.6) is 0 Å². The summed E-state index contributed by atoms with van der Waals surface area (Å²) in [5, 5.41) is 6.46. The third-order valence-corrected chi connectivity index (χ3v) is 6.01. The van der Waals surface area contributed by atoms with E-state index in [9.17, 15) is 13.2 Å². The van der Waals surface area contributed by atoms with Crippen molar-refractivity contribution in [3.05, 3.63) is 29.5 Å². The molecule has 2 aromatic rings. The highest BCUT2D eigenvalue weighted by Crippen LogP contribution is 2.33. The molecule has 1 aliphatic rings. The molecule has 2 N–H and O–H groups in total. The second-order valence-electron chi connectivity index (χ2n) is 6.62. The Morgan fingerprint density at radius 1 is 1.33 bits per heavy atom. The topological polar surface area (TPSA) is 111 Å². The lowest BCUT2D eigenvalue weighted by atomic mass is 10.0. The number of aromatic nitrogens is 1. The van der Waals surface area contributed by atoms with Gasteiger partial charge in [0.05, 0.1) is 22.3 Å². The Hall–Kier alpha value is -2.23. The van der Waals surface area contributed by atoms with Gasteiger partial charge in [-0.2, -0.15) is 0 Å². The molecule has 0 aliphatic carbocycles. The lowest BCUT2D eigenvalue weighted by Crippen LogP contribution is -2.32. The van der Waals surface area contributed by atoms with Crippen LogP contribution in [0.2, 0.25) is 0 Å². The van der Waals surface area contributed by atoms with Gasteiger partial charge in [0, 0.05) is 20.1 Å². The lowest BCUT2D eigenvalue weighted by Gasteiger charge is -2.14. The molecule has 1 aliphatic heterocycles. The van der Waals surface area contributed by atoms with Crippen LogP contribution in [-0.4, -0.2) is 38.7 Å². The summed E-state index contributed by atoms with van der Waals surface area (Å²) in [7, 11) is -3.71. The molecular weight excluding hydrogens is 370 g/mol. The summed E-state index contributed by atoms with van der Waals surface area (Å²) in [4.78, 5) is 11.6. The summed E-state index contributed by atoms with van der Waals surface area (Å²) in [5.74, 6) is -0.106. The van der Waals surface area contributed by atoms with Crippen molar-refractivity contribution < 1.29 is 22.5 Å². The quantitative estimate of drug-likeness (QED) is 0.780. The Bertz CT molecular complexity index is 946. The normalized spacial score (nSPS) is 17.2. The van der Waals surface area contributed by atoms with E-state index in [0.29, 0.717) is 29.0 Å². The molecule has 146 valence electrons. The van der Waals surface area contributed by atoms with Crippen molar-refractivity contribution in [2.75, 3.05) is 18.5 Å². The molecular formula is C18H23N3O5S. The number of hydrogen-bond donors (Lipinski definition) is 2. The van der Waals surface area contributed by atoms with Crippen molar-refractivity contribution in [2.45, 2.75) is 44.6 Å². The molecule has 9 heteroatoms. The molecule has 0 saturated carbocycles. The zero-order valence-electron chi connectivity index (χ0n) is 15.5. The molecule has 2 heterocycles. The number of aryl methyl sites for hydroxylation is 2. The summed E-state index contributed by atoms with van der Waals surface area (Å²) >= 11 is 0. The van der Waals surface area contributed by atoms with Crippen LogP contribution in [0.15, 0.2) is 27.6 Å². The van der Waals surface area contributed by atoms with Gasteiger partial charge in [0.1, 0.15) is 0 Å². The van der Waals surface area contributed by atoms with Gasteiger partial charge in [0.25, 0.3) is 0 Å². The van der Waals surface area contributed by atoms with Crippen molar-refractivity contribution in [3.8, 4) is 11.1 Å². The standard InChI is InChI=1S/C18H23N3O5S/c1-11-6-7-14(17-12(2)21-26-18(17)20-13(3)22)9-16(11)27(23,24)19-10-15-5-4-8-25-15/h6-7,9,15,19H,4-5,8,10H2,1-3H3,(H,20,22)/t15-/m0/s1. The van der Waals surface area contributed by atoms with Gasteiger partial charge < -0.3 is 9.26 Å². The van der Waals surface area contributed by atoms with Crippen molar-refractivity contribution >= 4 is 21.8 Å². The fraction of sp³-hybridized carbons (Fsp3) is 0.444. The summed E-state index contributed by atoms with van der Waals surface area (Å²) in [6.07, 6.45) is 1.70. The second-order valence-corrected chi connectivity index (χ2v) is 8.36. The molecule has 1 amide bonds. The average molecular weight is 393 g/mol. The molecule has 1 saturated heterocycles. The van der Waals surface area contributed by atoms with Crippen LogP contribution in [0.3, 0.4) is 0 Å². The maximum atomic E-state index is 12.8. The first-order valence-corrected chi connectivity index (χ1v) is 10.2. The Morgan fingerprint density at radius 3 is 2.78 bits per heavy atom. The van der Waals surface area contributed by atoms with Crippen LogP contribution in [0, 0.1) is 13.8 Å². The highest BCUT2D eigenvalue weighted by atomic mass is 32.2. The Morgan fingerprint density at radius 2 is 2.11 bits per heavy atom. The van der Waals surface area contributed by atoms with E-state index in [1.165, 1.54) is 6.92 Å². The molecule has 0 bridgehead atoms. The number of hydrogen-bond acceptors (Lipinski definition) is 6. The fourth-order valence-corrected chi connectivity index (χ4v) is 4.42. The monoisotopic (exact) mass is 393 g/mol. The molecule has 1 fully saturated rings. The number of benzene rings is 1. The van der Waals surface area contributed by atoms with Gasteiger partial charge in [-0.05, 0) is 43.9 Å². The zero-order chi connectivity index (χ0) is 19.6. The summed E-state index contributed by atoms with van der Waals surface area (Å²) in [5.41, 5.74) is 2.33. The highest BCUT2D eigenvalue weighted by molar-refractivity contribution is 7.89. The summed E-state index contributed by atoms with van der Waals surface area (Å²) in [6, 6.07) is 5.07. The Kier molecular flexibility index (Phi) is 5.64. The molecule has 1 atom stereocenters. The number of sulfonamides is 1. The third kappa shape index (κ3) is 4.37. The predicted octanol–water partition coefficient (Wildman–Crippen LogP) is 2.37. The average Bonchev–Trinajstić information content (AvgIpc) is 3.23. The molecule has 8 nitrogen and oxygen atoms in total. The van der Waals surface area contributed by atoms with Crippen LogP contribution in [0.25, 0.3) is 11.1 Å². The van der Waals surface area contributed by atoms with E-state index in [1.807, 2.05) is 0 Å². The van der Waals surface area contributed by atoms with E-state index >= 15 is 0 Å². The van der Waals surface area contributed by atoms with E-state index < -0.39 is 10.0 Å². The van der Waals surface area contributed by atoms with Gasteiger partial charge in [0.2, 0.25) is 21.8 Å². The van der Waals surface area contributed by atoms with Crippen molar-refractivity contribution in [1.82, 2.24) is 9.88 Å². The Balaban J connectivity index is 1.93. The van der Waals surface area contributed by atoms with E-state index in [0.717, 1.165) is 12.8 Å². The van der Waals surface area contributed by atoms with Gasteiger partial charge in [-0.25, -0.2) is 13.1 Å². The molecule has 0 unspecified atom stereocenters. The highest BCUT2D eigenvalue weighted by Gasteiger charge is 2.24. The number of anilines is 1. The SMILES string of the molecule is CC(=O)Nc1onc(C)c1-c1ccc(C)c(S(=O)(=O)NC[C@@H]2CCCO2)c1.